The summed E-state index contributed by atoms with van der Waals surface area (Å²) in [5, 5.41) is 0.0213. The molecule has 5 heteroatoms. The molecule has 1 fully saturated rings. The van der Waals surface area contributed by atoms with Gasteiger partial charge in [0.15, 0.2) is 0 Å². The molecule has 0 saturated carbocycles. The Morgan fingerprint density at radius 3 is 2.76 bits per heavy atom. The average Bonchev–Trinajstić information content (AvgIpc) is 2.62. The molecule has 0 aliphatic carbocycles. The van der Waals surface area contributed by atoms with Crippen molar-refractivity contribution in [1.29, 1.82) is 0 Å². The molecule has 1 aliphatic heterocycles. The highest BCUT2D eigenvalue weighted by molar-refractivity contribution is 6.30. The van der Waals surface area contributed by atoms with E-state index in [-0.39, 0.29) is 22.9 Å². The van der Waals surface area contributed by atoms with Gasteiger partial charge in [-0.2, -0.15) is 0 Å². The number of benzene rings is 1. The van der Waals surface area contributed by atoms with Crippen molar-refractivity contribution in [2.45, 2.75) is 13.0 Å². The Morgan fingerprint density at radius 1 is 1.53 bits per heavy atom. The molecule has 17 heavy (non-hydrogen) atoms. The summed E-state index contributed by atoms with van der Waals surface area (Å²) in [5.41, 5.74) is 6.16. The molecule has 0 bridgehead atoms. The van der Waals surface area contributed by atoms with Gasteiger partial charge < -0.3 is 10.6 Å². The molecule has 2 N–H and O–H groups in total. The van der Waals surface area contributed by atoms with E-state index in [9.17, 15) is 9.18 Å². The molecule has 0 radical (unpaired) electrons. The molecule has 1 aromatic carbocycles. The highest BCUT2D eigenvalue weighted by Gasteiger charge is 2.30. The van der Waals surface area contributed by atoms with Crippen LogP contribution in [0.15, 0.2) is 18.2 Å². The van der Waals surface area contributed by atoms with E-state index in [1.807, 2.05) is 6.92 Å². The Hall–Kier alpha value is -1.13. The number of nitrogens with zero attached hydrogens (tertiary/aromatic N) is 1. The zero-order valence-electron chi connectivity index (χ0n) is 9.49. The van der Waals surface area contributed by atoms with Crippen molar-refractivity contribution >= 4 is 17.5 Å². The number of nitrogens with two attached hydrogens (primary N) is 1. The average molecular weight is 257 g/mol. The summed E-state index contributed by atoms with van der Waals surface area (Å²) in [6, 6.07) is 4.08. The molecule has 0 spiro atoms. The third-order valence-corrected chi connectivity index (χ3v) is 3.43. The van der Waals surface area contributed by atoms with Crippen LogP contribution in [0.25, 0.3) is 0 Å². The third kappa shape index (κ3) is 2.42. The lowest BCUT2D eigenvalue weighted by Crippen LogP contribution is -2.32. The summed E-state index contributed by atoms with van der Waals surface area (Å²) in [7, 11) is 0. The number of carbonyl (C=O) groups is 1. The number of hydrogen-bond donors (Lipinski definition) is 1. The van der Waals surface area contributed by atoms with Crippen LogP contribution in [0, 0.1) is 11.7 Å². The first kappa shape index (κ1) is 12.3. The Kier molecular flexibility index (Phi) is 3.35. The summed E-state index contributed by atoms with van der Waals surface area (Å²) >= 11 is 5.57. The fourth-order valence-electron chi connectivity index (χ4n) is 1.97. The molecule has 0 aromatic heterocycles. The molecule has 2 rings (SSSR count). The van der Waals surface area contributed by atoms with Crippen molar-refractivity contribution in [1.82, 2.24) is 4.90 Å². The minimum absolute atomic E-state index is 0.00361. The standard InChI is InChI=1S/C12H14ClFN2O/c1-7-5-16(6-11(7)15)12(17)8-2-3-9(13)10(14)4-8/h2-4,7,11H,5-6,15H2,1H3. The minimum atomic E-state index is -0.575. The molecule has 1 amide bonds. The fourth-order valence-corrected chi connectivity index (χ4v) is 2.09. The molecule has 1 aromatic rings. The third-order valence-electron chi connectivity index (χ3n) is 3.12. The lowest BCUT2D eigenvalue weighted by Gasteiger charge is -2.15. The number of likely N-dealkylation sites (tertiary alicyclic amines) is 1. The lowest BCUT2D eigenvalue weighted by molar-refractivity contribution is 0.0786. The van der Waals surface area contributed by atoms with Gasteiger partial charge in [-0.1, -0.05) is 18.5 Å². The van der Waals surface area contributed by atoms with Gasteiger partial charge in [0.05, 0.1) is 5.02 Å². The molecular weight excluding hydrogens is 243 g/mol. The van der Waals surface area contributed by atoms with Crippen LogP contribution in [-0.2, 0) is 0 Å². The van der Waals surface area contributed by atoms with Crippen LogP contribution < -0.4 is 5.73 Å². The van der Waals surface area contributed by atoms with E-state index in [0.29, 0.717) is 18.7 Å². The Morgan fingerprint density at radius 2 is 2.24 bits per heavy atom. The predicted molar refractivity (Wildman–Crippen MR) is 64.5 cm³/mol. The smallest absolute Gasteiger partial charge is 0.254 e. The molecular formula is C12H14ClFN2O. The van der Waals surface area contributed by atoms with Gasteiger partial charge in [-0.15, -0.1) is 0 Å². The molecule has 92 valence electrons. The highest BCUT2D eigenvalue weighted by atomic mass is 35.5. The second-order valence-corrected chi connectivity index (χ2v) is 4.89. The number of amides is 1. The van der Waals surface area contributed by atoms with E-state index < -0.39 is 5.82 Å². The number of halogens is 2. The zero-order chi connectivity index (χ0) is 12.6. The summed E-state index contributed by atoms with van der Waals surface area (Å²) in [4.78, 5) is 13.7. The van der Waals surface area contributed by atoms with Gasteiger partial charge >= 0.3 is 0 Å². The van der Waals surface area contributed by atoms with E-state index in [0.717, 1.165) is 0 Å². The van der Waals surface area contributed by atoms with Gasteiger partial charge in [0, 0.05) is 24.7 Å². The monoisotopic (exact) mass is 256 g/mol. The lowest BCUT2D eigenvalue weighted by atomic mass is 10.1. The van der Waals surface area contributed by atoms with Crippen molar-refractivity contribution in [2.75, 3.05) is 13.1 Å². The highest BCUT2D eigenvalue weighted by Crippen LogP contribution is 2.20. The molecule has 1 saturated heterocycles. The van der Waals surface area contributed by atoms with E-state index in [1.165, 1.54) is 18.2 Å². The first-order valence-corrected chi connectivity index (χ1v) is 5.86. The number of rotatable bonds is 1. The van der Waals surface area contributed by atoms with Gasteiger partial charge in [0.1, 0.15) is 5.82 Å². The van der Waals surface area contributed by atoms with Crippen LogP contribution in [0.4, 0.5) is 4.39 Å². The SMILES string of the molecule is CC1CN(C(=O)c2ccc(Cl)c(F)c2)CC1N. The van der Waals surface area contributed by atoms with Crippen LogP contribution in [0.2, 0.25) is 5.02 Å². The van der Waals surface area contributed by atoms with Gasteiger partial charge in [-0.05, 0) is 24.1 Å². The molecule has 3 nitrogen and oxygen atoms in total. The van der Waals surface area contributed by atoms with Crippen molar-refractivity contribution in [3.05, 3.63) is 34.6 Å². The van der Waals surface area contributed by atoms with E-state index >= 15 is 0 Å². The summed E-state index contributed by atoms with van der Waals surface area (Å²) in [6.07, 6.45) is 0. The molecule has 1 aliphatic rings. The topological polar surface area (TPSA) is 46.3 Å². The number of carbonyl (C=O) groups excluding carboxylic acids is 1. The van der Waals surface area contributed by atoms with Crippen LogP contribution in [0.3, 0.4) is 0 Å². The second kappa shape index (κ2) is 4.63. The number of hydrogen-bond acceptors (Lipinski definition) is 2. The van der Waals surface area contributed by atoms with Crippen molar-refractivity contribution in [3.8, 4) is 0 Å². The van der Waals surface area contributed by atoms with E-state index in [1.54, 1.807) is 4.90 Å². The Labute approximate surface area is 104 Å². The largest absolute Gasteiger partial charge is 0.337 e. The Bertz CT molecular complexity index is 442. The summed E-state index contributed by atoms with van der Waals surface area (Å²) in [5.74, 6) is -0.495. The minimum Gasteiger partial charge on any atom is -0.337 e. The normalized spacial score (nSPS) is 24.1. The summed E-state index contributed by atoms with van der Waals surface area (Å²) < 4.78 is 13.3. The molecule has 2 unspecified atom stereocenters. The van der Waals surface area contributed by atoms with Gasteiger partial charge in [-0.3, -0.25) is 4.79 Å². The van der Waals surface area contributed by atoms with Gasteiger partial charge in [0.25, 0.3) is 5.91 Å². The van der Waals surface area contributed by atoms with Crippen LogP contribution >= 0.6 is 11.6 Å². The second-order valence-electron chi connectivity index (χ2n) is 4.48. The van der Waals surface area contributed by atoms with Gasteiger partial charge in [0.2, 0.25) is 0 Å². The first-order valence-electron chi connectivity index (χ1n) is 5.49. The maximum absolute atomic E-state index is 13.3. The van der Waals surface area contributed by atoms with Crippen LogP contribution in [0.1, 0.15) is 17.3 Å². The quantitative estimate of drug-likeness (QED) is 0.834. The maximum Gasteiger partial charge on any atom is 0.254 e. The van der Waals surface area contributed by atoms with Crippen molar-refractivity contribution in [3.63, 3.8) is 0 Å². The maximum atomic E-state index is 13.3. The van der Waals surface area contributed by atoms with Crippen LogP contribution in [-0.4, -0.2) is 29.9 Å². The van der Waals surface area contributed by atoms with Gasteiger partial charge in [-0.25, -0.2) is 4.39 Å². The molecule has 2 atom stereocenters. The van der Waals surface area contributed by atoms with E-state index in [2.05, 4.69) is 0 Å². The summed E-state index contributed by atoms with van der Waals surface area (Å²) in [6.45, 7) is 3.13. The van der Waals surface area contributed by atoms with Crippen molar-refractivity contribution in [2.24, 2.45) is 11.7 Å². The van der Waals surface area contributed by atoms with Crippen LogP contribution in [0.5, 0.6) is 0 Å². The zero-order valence-corrected chi connectivity index (χ0v) is 10.2. The van der Waals surface area contributed by atoms with Crippen molar-refractivity contribution < 1.29 is 9.18 Å². The first-order chi connectivity index (χ1) is 7.99. The predicted octanol–water partition coefficient (Wildman–Crippen LogP) is 1.90. The Balaban J connectivity index is 2.17. The fraction of sp³-hybridized carbons (Fsp3) is 0.417. The molecule has 1 heterocycles. The van der Waals surface area contributed by atoms with E-state index in [4.69, 9.17) is 17.3 Å².